The Morgan fingerprint density at radius 2 is 1.03 bits per heavy atom. The van der Waals surface area contributed by atoms with E-state index in [2.05, 4.69) is 66.5 Å². The lowest BCUT2D eigenvalue weighted by Gasteiger charge is -2.30. The fraction of sp³-hybridized carbons (Fsp3) is 0.724. The average Bonchev–Trinajstić information content (AvgIpc) is 3.16. The molecule has 31 heavy (non-hydrogen) atoms. The Kier molecular flexibility index (Phi) is 14.3. The zero-order chi connectivity index (χ0) is 22.0. The van der Waals surface area contributed by atoms with Crippen molar-refractivity contribution in [3.8, 4) is 0 Å². The third kappa shape index (κ3) is 11.1. The van der Waals surface area contributed by atoms with Crippen molar-refractivity contribution in [3.05, 3.63) is 42.7 Å². The molecular weight excluding hydrogens is 376 g/mol. The SMILES string of the molecule is CCCCCCCCCCCCCCCCCCCC1N(C)C=CN1c1ccccc1. The molecule has 0 amide bonds. The van der Waals surface area contributed by atoms with Crippen molar-refractivity contribution in [2.75, 3.05) is 11.9 Å². The summed E-state index contributed by atoms with van der Waals surface area (Å²) in [7, 11) is 2.21. The molecule has 1 atom stereocenters. The van der Waals surface area contributed by atoms with Gasteiger partial charge in [-0.05, 0) is 25.0 Å². The maximum absolute atomic E-state index is 2.42. The smallest absolute Gasteiger partial charge is 0.105 e. The molecule has 1 aromatic carbocycles. The number of hydrogen-bond donors (Lipinski definition) is 0. The third-order valence-corrected chi connectivity index (χ3v) is 6.87. The molecule has 0 fully saturated rings. The van der Waals surface area contributed by atoms with Gasteiger partial charge in [0.1, 0.15) is 6.17 Å². The Balaban J connectivity index is 1.37. The van der Waals surface area contributed by atoms with Crippen LogP contribution in [0.3, 0.4) is 0 Å². The lowest BCUT2D eigenvalue weighted by Crippen LogP contribution is -2.36. The lowest BCUT2D eigenvalue weighted by atomic mass is 10.0. The van der Waals surface area contributed by atoms with Gasteiger partial charge in [-0.3, -0.25) is 0 Å². The molecule has 1 aliphatic heterocycles. The van der Waals surface area contributed by atoms with Gasteiger partial charge in [0.15, 0.2) is 0 Å². The molecule has 0 radical (unpaired) electrons. The highest BCUT2D eigenvalue weighted by Crippen LogP contribution is 2.26. The maximum atomic E-state index is 2.42. The van der Waals surface area contributed by atoms with Gasteiger partial charge >= 0.3 is 0 Å². The molecule has 1 heterocycles. The van der Waals surface area contributed by atoms with Crippen molar-refractivity contribution in [2.24, 2.45) is 0 Å². The third-order valence-electron chi connectivity index (χ3n) is 6.87. The van der Waals surface area contributed by atoms with Crippen LogP contribution in [0.5, 0.6) is 0 Å². The number of rotatable bonds is 19. The fourth-order valence-electron chi connectivity index (χ4n) is 4.82. The second kappa shape index (κ2) is 17.2. The Labute approximate surface area is 194 Å². The van der Waals surface area contributed by atoms with E-state index in [-0.39, 0.29) is 0 Å². The van der Waals surface area contributed by atoms with Crippen LogP contribution in [0.25, 0.3) is 0 Å². The molecule has 2 heteroatoms. The van der Waals surface area contributed by atoms with E-state index >= 15 is 0 Å². The van der Waals surface area contributed by atoms with Gasteiger partial charge in [0.25, 0.3) is 0 Å². The summed E-state index contributed by atoms with van der Waals surface area (Å²) in [6.45, 7) is 2.30. The molecule has 2 rings (SSSR count). The van der Waals surface area contributed by atoms with Gasteiger partial charge < -0.3 is 9.80 Å². The van der Waals surface area contributed by atoms with Crippen LogP contribution in [0.4, 0.5) is 5.69 Å². The molecule has 0 N–H and O–H groups in total. The number of anilines is 1. The summed E-state index contributed by atoms with van der Waals surface area (Å²) < 4.78 is 0. The molecule has 1 unspecified atom stereocenters. The molecule has 0 aliphatic carbocycles. The molecule has 0 bridgehead atoms. The summed E-state index contributed by atoms with van der Waals surface area (Å²) in [6.07, 6.45) is 30.6. The fourth-order valence-corrected chi connectivity index (χ4v) is 4.82. The molecule has 1 aromatic rings. The molecule has 176 valence electrons. The molecule has 2 nitrogen and oxygen atoms in total. The second-order valence-electron chi connectivity index (χ2n) is 9.63. The van der Waals surface area contributed by atoms with Crippen molar-refractivity contribution in [1.82, 2.24) is 4.90 Å². The topological polar surface area (TPSA) is 6.48 Å². The van der Waals surface area contributed by atoms with Crippen LogP contribution >= 0.6 is 0 Å². The van der Waals surface area contributed by atoms with E-state index in [4.69, 9.17) is 0 Å². The number of unbranched alkanes of at least 4 members (excludes halogenated alkanes) is 16. The molecule has 0 aromatic heterocycles. The van der Waals surface area contributed by atoms with E-state index in [1.807, 2.05) is 0 Å². The monoisotopic (exact) mass is 426 g/mol. The quantitative estimate of drug-likeness (QED) is 0.203. The van der Waals surface area contributed by atoms with Gasteiger partial charge in [0.05, 0.1) is 0 Å². The van der Waals surface area contributed by atoms with Gasteiger partial charge in [-0.1, -0.05) is 128 Å². The van der Waals surface area contributed by atoms with E-state index < -0.39 is 0 Å². The van der Waals surface area contributed by atoms with Gasteiger partial charge in [0.2, 0.25) is 0 Å². The first kappa shape index (κ1) is 25.8. The highest BCUT2D eigenvalue weighted by molar-refractivity contribution is 5.51. The number of nitrogens with zero attached hydrogens (tertiary/aromatic N) is 2. The first-order chi connectivity index (χ1) is 15.3. The van der Waals surface area contributed by atoms with Crippen LogP contribution in [-0.4, -0.2) is 18.1 Å². The summed E-state index contributed by atoms with van der Waals surface area (Å²) in [5.41, 5.74) is 1.31. The van der Waals surface area contributed by atoms with E-state index in [1.165, 1.54) is 121 Å². The molecule has 0 spiro atoms. The lowest BCUT2D eigenvalue weighted by molar-refractivity contribution is 0.329. The van der Waals surface area contributed by atoms with E-state index in [9.17, 15) is 0 Å². The first-order valence-corrected chi connectivity index (χ1v) is 13.6. The average molecular weight is 427 g/mol. The van der Waals surface area contributed by atoms with Crippen molar-refractivity contribution >= 4 is 5.69 Å². The van der Waals surface area contributed by atoms with Crippen LogP contribution in [0.2, 0.25) is 0 Å². The number of para-hydroxylation sites is 1. The normalized spacial score (nSPS) is 15.9. The van der Waals surface area contributed by atoms with E-state index in [1.54, 1.807) is 0 Å². The summed E-state index contributed by atoms with van der Waals surface area (Å²) in [5.74, 6) is 0. The first-order valence-electron chi connectivity index (χ1n) is 13.6. The molecule has 1 aliphatic rings. The number of hydrogen-bond acceptors (Lipinski definition) is 2. The highest BCUT2D eigenvalue weighted by Gasteiger charge is 2.23. The zero-order valence-corrected chi connectivity index (χ0v) is 20.7. The number of benzene rings is 1. The predicted octanol–water partition coefficient (Wildman–Crippen LogP) is 9.28. The van der Waals surface area contributed by atoms with Crippen LogP contribution in [0.15, 0.2) is 42.7 Å². The minimum atomic E-state index is 0.485. The van der Waals surface area contributed by atoms with Crippen molar-refractivity contribution in [2.45, 2.75) is 129 Å². The standard InChI is InChI=1S/C29H50N2/c1-3-4-5-6-7-8-9-10-11-12-13-14-15-16-17-18-22-25-29-30(2)26-27-31(29)28-23-20-19-21-24-28/h19-21,23-24,26-27,29H,3-18,22,25H2,1-2H3. The summed E-state index contributed by atoms with van der Waals surface area (Å²) >= 11 is 0. The van der Waals surface area contributed by atoms with E-state index in [0.717, 1.165) is 0 Å². The van der Waals surface area contributed by atoms with Crippen molar-refractivity contribution < 1.29 is 0 Å². The predicted molar refractivity (Wildman–Crippen MR) is 138 cm³/mol. The van der Waals surface area contributed by atoms with Gasteiger partial charge in [0, 0.05) is 25.1 Å². The Hall–Kier alpha value is -1.44. The van der Waals surface area contributed by atoms with Crippen molar-refractivity contribution in [3.63, 3.8) is 0 Å². The van der Waals surface area contributed by atoms with Gasteiger partial charge in [-0.15, -0.1) is 0 Å². The Bertz CT molecular complexity index is 553. The van der Waals surface area contributed by atoms with Crippen LogP contribution in [0, 0.1) is 0 Å². The largest absolute Gasteiger partial charge is 0.359 e. The van der Waals surface area contributed by atoms with Crippen LogP contribution in [0.1, 0.15) is 122 Å². The molecule has 0 saturated carbocycles. The molecule has 0 saturated heterocycles. The minimum absolute atomic E-state index is 0.485. The van der Waals surface area contributed by atoms with Crippen LogP contribution < -0.4 is 4.90 Å². The van der Waals surface area contributed by atoms with E-state index in [0.29, 0.717) is 6.17 Å². The van der Waals surface area contributed by atoms with Gasteiger partial charge in [-0.25, -0.2) is 0 Å². The zero-order valence-electron chi connectivity index (χ0n) is 20.7. The highest BCUT2D eigenvalue weighted by atomic mass is 15.4. The van der Waals surface area contributed by atoms with Crippen molar-refractivity contribution in [1.29, 1.82) is 0 Å². The Morgan fingerprint density at radius 1 is 0.581 bits per heavy atom. The summed E-state index contributed by atoms with van der Waals surface area (Å²) in [4.78, 5) is 4.78. The Morgan fingerprint density at radius 3 is 1.52 bits per heavy atom. The summed E-state index contributed by atoms with van der Waals surface area (Å²) in [5, 5.41) is 0. The summed E-state index contributed by atoms with van der Waals surface area (Å²) in [6, 6.07) is 10.8. The second-order valence-corrected chi connectivity index (χ2v) is 9.63. The minimum Gasteiger partial charge on any atom is -0.359 e. The van der Waals surface area contributed by atoms with Crippen LogP contribution in [-0.2, 0) is 0 Å². The van der Waals surface area contributed by atoms with Gasteiger partial charge in [-0.2, -0.15) is 0 Å². The molecular formula is C29H50N2. The maximum Gasteiger partial charge on any atom is 0.105 e.